The molecule has 14 heavy (non-hydrogen) atoms. The van der Waals surface area contributed by atoms with Crippen LogP contribution in [-0.4, -0.2) is 21.3 Å². The van der Waals surface area contributed by atoms with Gasteiger partial charge in [-0.05, 0) is 5.56 Å². The van der Waals surface area contributed by atoms with Crippen LogP contribution in [0.3, 0.4) is 0 Å². The highest BCUT2D eigenvalue weighted by Gasteiger charge is 2.19. The number of benzene rings is 1. The van der Waals surface area contributed by atoms with E-state index in [1.54, 1.807) is 30.3 Å². The Morgan fingerprint density at radius 3 is 2.36 bits per heavy atom. The SMILES string of the molecule is COC(CS(=O)(=O)F)c1ccccc1. The molecule has 1 unspecified atom stereocenters. The molecule has 0 fully saturated rings. The van der Waals surface area contributed by atoms with E-state index < -0.39 is 22.1 Å². The maximum absolute atomic E-state index is 12.4. The highest BCUT2D eigenvalue weighted by atomic mass is 32.3. The van der Waals surface area contributed by atoms with Crippen LogP contribution in [-0.2, 0) is 15.0 Å². The minimum absolute atomic E-state index is 0.645. The lowest BCUT2D eigenvalue weighted by Crippen LogP contribution is -2.12. The minimum Gasteiger partial charge on any atom is -0.376 e. The Labute approximate surface area is 82.7 Å². The molecule has 0 aromatic heterocycles. The first-order valence-corrected chi connectivity index (χ1v) is 5.58. The van der Waals surface area contributed by atoms with E-state index in [0.29, 0.717) is 5.56 Å². The van der Waals surface area contributed by atoms with Gasteiger partial charge in [-0.3, -0.25) is 0 Å². The number of ether oxygens (including phenoxy) is 1. The molecule has 0 aliphatic rings. The van der Waals surface area contributed by atoms with E-state index in [-0.39, 0.29) is 0 Å². The van der Waals surface area contributed by atoms with Crippen LogP contribution >= 0.6 is 0 Å². The van der Waals surface area contributed by atoms with Crippen molar-refractivity contribution in [1.82, 2.24) is 0 Å². The van der Waals surface area contributed by atoms with Crippen LogP contribution in [0.5, 0.6) is 0 Å². The summed E-state index contributed by atoms with van der Waals surface area (Å²) in [4.78, 5) is 0. The molecule has 0 radical (unpaired) electrons. The first-order valence-electron chi connectivity index (χ1n) is 4.03. The number of methoxy groups -OCH3 is 1. The fourth-order valence-electron chi connectivity index (χ4n) is 1.15. The predicted octanol–water partition coefficient (Wildman–Crippen LogP) is 1.67. The van der Waals surface area contributed by atoms with Crippen LogP contribution in [0.1, 0.15) is 11.7 Å². The van der Waals surface area contributed by atoms with Gasteiger partial charge in [-0.25, -0.2) is 0 Å². The lowest BCUT2D eigenvalue weighted by molar-refractivity contribution is 0.121. The van der Waals surface area contributed by atoms with Gasteiger partial charge in [0.15, 0.2) is 0 Å². The second kappa shape index (κ2) is 4.52. The predicted molar refractivity (Wildman–Crippen MR) is 51.1 cm³/mol. The smallest absolute Gasteiger partial charge is 0.305 e. The van der Waals surface area contributed by atoms with E-state index in [2.05, 4.69) is 0 Å². The second-order valence-corrected chi connectivity index (χ2v) is 4.25. The summed E-state index contributed by atoms with van der Waals surface area (Å²) in [5.41, 5.74) is 0.649. The maximum atomic E-state index is 12.4. The molecule has 1 aromatic carbocycles. The van der Waals surface area contributed by atoms with Crippen molar-refractivity contribution in [3.05, 3.63) is 35.9 Å². The highest BCUT2D eigenvalue weighted by molar-refractivity contribution is 7.86. The standard InChI is InChI=1S/C9H11FO3S/c1-13-9(7-14(10,11)12)8-5-3-2-4-6-8/h2-6,9H,7H2,1H3. The Kier molecular flexibility index (Phi) is 3.60. The molecule has 0 bridgehead atoms. The lowest BCUT2D eigenvalue weighted by atomic mass is 10.1. The summed E-state index contributed by atoms with van der Waals surface area (Å²) in [6, 6.07) is 8.66. The van der Waals surface area contributed by atoms with Crippen molar-refractivity contribution < 1.29 is 17.0 Å². The Balaban J connectivity index is 2.84. The summed E-state index contributed by atoms with van der Waals surface area (Å²) in [6.45, 7) is 0. The van der Waals surface area contributed by atoms with Crippen molar-refractivity contribution in [3.63, 3.8) is 0 Å². The van der Waals surface area contributed by atoms with Crippen LogP contribution < -0.4 is 0 Å². The lowest BCUT2D eigenvalue weighted by Gasteiger charge is -2.12. The number of hydrogen-bond acceptors (Lipinski definition) is 3. The number of rotatable bonds is 4. The number of hydrogen-bond donors (Lipinski definition) is 0. The van der Waals surface area contributed by atoms with Gasteiger partial charge in [0.1, 0.15) is 5.75 Å². The largest absolute Gasteiger partial charge is 0.376 e. The summed E-state index contributed by atoms with van der Waals surface area (Å²) in [7, 11) is -3.16. The van der Waals surface area contributed by atoms with E-state index in [1.165, 1.54) is 7.11 Å². The zero-order valence-corrected chi connectivity index (χ0v) is 8.50. The first kappa shape index (κ1) is 11.1. The van der Waals surface area contributed by atoms with Crippen molar-refractivity contribution in [2.24, 2.45) is 0 Å². The molecule has 0 saturated heterocycles. The molecule has 0 spiro atoms. The summed E-state index contributed by atoms with van der Waals surface area (Å²) < 4.78 is 38.2. The third kappa shape index (κ3) is 3.43. The molecule has 0 aliphatic heterocycles. The third-order valence-corrected chi connectivity index (χ3v) is 2.51. The molecule has 0 saturated carbocycles. The average molecular weight is 218 g/mol. The van der Waals surface area contributed by atoms with Crippen LogP contribution in [0.2, 0.25) is 0 Å². The molecule has 0 heterocycles. The van der Waals surface area contributed by atoms with Crippen LogP contribution in [0.4, 0.5) is 3.89 Å². The van der Waals surface area contributed by atoms with Gasteiger partial charge < -0.3 is 4.74 Å². The zero-order chi connectivity index (χ0) is 10.6. The van der Waals surface area contributed by atoms with E-state index in [1.807, 2.05) is 0 Å². The molecular formula is C9H11FO3S. The fraction of sp³-hybridized carbons (Fsp3) is 0.333. The van der Waals surface area contributed by atoms with Gasteiger partial charge in [0.2, 0.25) is 0 Å². The van der Waals surface area contributed by atoms with Gasteiger partial charge in [-0.1, -0.05) is 30.3 Å². The first-order chi connectivity index (χ1) is 6.53. The molecule has 0 N–H and O–H groups in total. The molecular weight excluding hydrogens is 207 g/mol. The molecule has 1 rings (SSSR count). The van der Waals surface area contributed by atoms with Crippen molar-refractivity contribution in [2.75, 3.05) is 12.9 Å². The van der Waals surface area contributed by atoms with Crippen molar-refractivity contribution in [1.29, 1.82) is 0 Å². The van der Waals surface area contributed by atoms with E-state index in [9.17, 15) is 12.3 Å². The second-order valence-electron chi connectivity index (χ2n) is 2.84. The van der Waals surface area contributed by atoms with E-state index >= 15 is 0 Å². The quantitative estimate of drug-likeness (QED) is 0.722. The van der Waals surface area contributed by atoms with Crippen LogP contribution in [0, 0.1) is 0 Å². The molecule has 0 aliphatic carbocycles. The van der Waals surface area contributed by atoms with Gasteiger partial charge in [0.25, 0.3) is 0 Å². The summed E-state index contributed by atoms with van der Waals surface area (Å²) in [6.07, 6.45) is -0.744. The van der Waals surface area contributed by atoms with Gasteiger partial charge in [-0.15, -0.1) is 3.89 Å². The average Bonchev–Trinajstić information content (AvgIpc) is 2.14. The molecule has 1 atom stereocenters. The molecule has 78 valence electrons. The molecule has 5 heteroatoms. The zero-order valence-electron chi connectivity index (χ0n) is 7.68. The normalized spacial score (nSPS) is 13.9. The van der Waals surface area contributed by atoms with Crippen molar-refractivity contribution in [3.8, 4) is 0 Å². The molecule has 1 aromatic rings. The Morgan fingerprint density at radius 1 is 1.36 bits per heavy atom. The van der Waals surface area contributed by atoms with Crippen LogP contribution in [0.15, 0.2) is 30.3 Å². The van der Waals surface area contributed by atoms with Gasteiger partial charge in [0, 0.05) is 7.11 Å². The van der Waals surface area contributed by atoms with Crippen molar-refractivity contribution in [2.45, 2.75) is 6.10 Å². The summed E-state index contributed by atoms with van der Waals surface area (Å²) >= 11 is 0. The van der Waals surface area contributed by atoms with Crippen molar-refractivity contribution >= 4 is 10.2 Å². The number of halogens is 1. The van der Waals surface area contributed by atoms with E-state index in [4.69, 9.17) is 4.74 Å². The maximum Gasteiger partial charge on any atom is 0.305 e. The Bertz CT molecular complexity index is 374. The highest BCUT2D eigenvalue weighted by Crippen LogP contribution is 2.18. The summed E-state index contributed by atoms with van der Waals surface area (Å²) in [5.74, 6) is -0.645. The topological polar surface area (TPSA) is 43.4 Å². The Morgan fingerprint density at radius 2 is 1.93 bits per heavy atom. The Hall–Kier alpha value is -0.940. The molecule has 0 amide bonds. The molecule has 3 nitrogen and oxygen atoms in total. The van der Waals surface area contributed by atoms with Gasteiger partial charge in [-0.2, -0.15) is 8.42 Å². The minimum atomic E-state index is -4.51. The van der Waals surface area contributed by atoms with Gasteiger partial charge >= 0.3 is 10.2 Å². The van der Waals surface area contributed by atoms with Gasteiger partial charge in [0.05, 0.1) is 6.10 Å². The third-order valence-electron chi connectivity index (χ3n) is 1.81. The summed E-state index contributed by atoms with van der Waals surface area (Å²) in [5, 5.41) is 0. The van der Waals surface area contributed by atoms with E-state index in [0.717, 1.165) is 0 Å². The fourth-order valence-corrected chi connectivity index (χ4v) is 1.84. The monoisotopic (exact) mass is 218 g/mol. The van der Waals surface area contributed by atoms with Crippen LogP contribution in [0.25, 0.3) is 0 Å².